The van der Waals surface area contributed by atoms with Crippen LogP contribution in [-0.4, -0.2) is 20.6 Å². The van der Waals surface area contributed by atoms with Crippen molar-refractivity contribution in [2.45, 2.75) is 13.5 Å². The number of carbonyl (C=O) groups is 1. The van der Waals surface area contributed by atoms with Gasteiger partial charge in [0.1, 0.15) is 5.69 Å². The van der Waals surface area contributed by atoms with Crippen molar-refractivity contribution < 1.29 is 9.90 Å². The highest BCUT2D eigenvalue weighted by Gasteiger charge is 2.13. The van der Waals surface area contributed by atoms with Crippen LogP contribution >= 0.6 is 0 Å². The summed E-state index contributed by atoms with van der Waals surface area (Å²) in [5, 5.41) is 9.02. The molecule has 4 nitrogen and oxygen atoms in total. The number of rotatable bonds is 3. The molecule has 0 aromatic carbocycles. The maximum absolute atomic E-state index is 11.0. The molecule has 0 aliphatic carbocycles. The third-order valence-corrected chi connectivity index (χ3v) is 2.47. The maximum Gasteiger partial charge on any atom is 0.352 e. The van der Waals surface area contributed by atoms with Crippen LogP contribution in [0.4, 0.5) is 0 Å². The summed E-state index contributed by atoms with van der Waals surface area (Å²) in [6.07, 6.45) is 3.42. The van der Waals surface area contributed by atoms with Crippen molar-refractivity contribution >= 4 is 5.97 Å². The molecular weight excluding hydrogens is 204 g/mol. The van der Waals surface area contributed by atoms with Gasteiger partial charge >= 0.3 is 5.97 Å². The third-order valence-electron chi connectivity index (χ3n) is 2.47. The van der Waals surface area contributed by atoms with Crippen molar-refractivity contribution in [2.24, 2.45) is 0 Å². The molecule has 0 bridgehead atoms. The fraction of sp³-hybridized carbons (Fsp3) is 0.167. The Bertz CT molecular complexity index is 503. The SMILES string of the molecule is CCn1c(C(=O)O)ccc1-c1cccnc1. The molecule has 0 saturated carbocycles. The molecule has 0 aliphatic rings. The lowest BCUT2D eigenvalue weighted by molar-refractivity contribution is 0.0685. The normalized spacial score (nSPS) is 10.3. The summed E-state index contributed by atoms with van der Waals surface area (Å²) >= 11 is 0. The molecule has 0 atom stereocenters. The Morgan fingerprint density at radius 1 is 1.44 bits per heavy atom. The van der Waals surface area contributed by atoms with Crippen LogP contribution in [0, 0.1) is 0 Å². The molecule has 0 unspecified atom stereocenters. The van der Waals surface area contributed by atoms with E-state index in [1.54, 1.807) is 23.0 Å². The van der Waals surface area contributed by atoms with Crippen molar-refractivity contribution in [3.63, 3.8) is 0 Å². The second-order valence-electron chi connectivity index (χ2n) is 3.39. The standard InChI is InChI=1S/C12H12N2O2/c1-2-14-10(5-6-11(14)12(15)16)9-4-3-7-13-8-9/h3-8H,2H2,1H3,(H,15,16). The number of pyridine rings is 1. The van der Waals surface area contributed by atoms with E-state index in [2.05, 4.69) is 4.98 Å². The van der Waals surface area contributed by atoms with Crippen molar-refractivity contribution in [2.75, 3.05) is 0 Å². The molecule has 2 aromatic rings. The molecule has 0 saturated heterocycles. The molecule has 0 fully saturated rings. The number of aromatic nitrogens is 2. The molecule has 2 aromatic heterocycles. The Kier molecular flexibility index (Phi) is 2.72. The molecular formula is C12H12N2O2. The van der Waals surface area contributed by atoms with Gasteiger partial charge in [-0.3, -0.25) is 4.98 Å². The maximum atomic E-state index is 11.0. The van der Waals surface area contributed by atoms with Gasteiger partial charge in [0.15, 0.2) is 0 Å². The summed E-state index contributed by atoms with van der Waals surface area (Å²) in [6.45, 7) is 2.55. The number of aromatic carboxylic acids is 1. The molecule has 1 N–H and O–H groups in total. The van der Waals surface area contributed by atoms with Crippen molar-refractivity contribution in [3.8, 4) is 11.3 Å². The number of hydrogen-bond donors (Lipinski definition) is 1. The van der Waals surface area contributed by atoms with Gasteiger partial charge < -0.3 is 9.67 Å². The van der Waals surface area contributed by atoms with Gasteiger partial charge in [-0.25, -0.2) is 4.79 Å². The van der Waals surface area contributed by atoms with E-state index < -0.39 is 5.97 Å². The number of hydrogen-bond acceptors (Lipinski definition) is 2. The first-order valence-electron chi connectivity index (χ1n) is 5.07. The minimum atomic E-state index is -0.906. The quantitative estimate of drug-likeness (QED) is 0.856. The molecule has 4 heteroatoms. The molecule has 0 aliphatic heterocycles. The molecule has 0 spiro atoms. The largest absolute Gasteiger partial charge is 0.477 e. The zero-order valence-electron chi connectivity index (χ0n) is 8.92. The highest BCUT2D eigenvalue weighted by Crippen LogP contribution is 2.21. The predicted octanol–water partition coefficient (Wildman–Crippen LogP) is 2.27. The minimum Gasteiger partial charge on any atom is -0.477 e. The van der Waals surface area contributed by atoms with Gasteiger partial charge in [-0.2, -0.15) is 0 Å². The lowest BCUT2D eigenvalue weighted by atomic mass is 10.2. The fourth-order valence-electron chi connectivity index (χ4n) is 1.76. The van der Waals surface area contributed by atoms with Crippen molar-refractivity contribution in [3.05, 3.63) is 42.4 Å². The second-order valence-corrected chi connectivity index (χ2v) is 3.39. The van der Waals surface area contributed by atoms with E-state index in [9.17, 15) is 4.79 Å². The lowest BCUT2D eigenvalue weighted by Gasteiger charge is -2.08. The highest BCUT2D eigenvalue weighted by atomic mass is 16.4. The molecule has 2 heterocycles. The summed E-state index contributed by atoms with van der Waals surface area (Å²) in [5.41, 5.74) is 2.12. The Morgan fingerprint density at radius 3 is 2.81 bits per heavy atom. The third kappa shape index (κ3) is 1.69. The van der Waals surface area contributed by atoms with Gasteiger partial charge in [-0.1, -0.05) is 0 Å². The van der Waals surface area contributed by atoms with Crippen LogP contribution in [0.1, 0.15) is 17.4 Å². The second kappa shape index (κ2) is 4.18. The van der Waals surface area contributed by atoms with Gasteiger partial charge in [0, 0.05) is 24.5 Å². The zero-order chi connectivity index (χ0) is 11.5. The number of nitrogens with zero attached hydrogens (tertiary/aromatic N) is 2. The molecule has 16 heavy (non-hydrogen) atoms. The van der Waals surface area contributed by atoms with Gasteiger partial charge in [0.25, 0.3) is 0 Å². The van der Waals surface area contributed by atoms with E-state index in [-0.39, 0.29) is 0 Å². The van der Waals surface area contributed by atoms with Gasteiger partial charge in [-0.05, 0) is 31.2 Å². The first-order chi connectivity index (χ1) is 7.74. The van der Waals surface area contributed by atoms with Crippen LogP contribution in [0.25, 0.3) is 11.3 Å². The molecule has 82 valence electrons. The smallest absolute Gasteiger partial charge is 0.352 e. The van der Waals surface area contributed by atoms with Crippen LogP contribution in [0.3, 0.4) is 0 Å². The first kappa shape index (κ1) is 10.4. The van der Waals surface area contributed by atoms with Crippen LogP contribution in [0.15, 0.2) is 36.7 Å². The Labute approximate surface area is 93.2 Å². The Balaban J connectivity index is 2.54. The molecule has 2 rings (SSSR count). The molecule has 0 amide bonds. The number of carboxylic acids is 1. The summed E-state index contributed by atoms with van der Waals surface area (Å²) in [7, 11) is 0. The van der Waals surface area contributed by atoms with Gasteiger partial charge in [0.05, 0.1) is 5.69 Å². The van der Waals surface area contributed by atoms with E-state index in [0.717, 1.165) is 11.3 Å². The van der Waals surface area contributed by atoms with Crippen molar-refractivity contribution in [1.29, 1.82) is 0 Å². The van der Waals surface area contributed by atoms with Crippen LogP contribution in [0.2, 0.25) is 0 Å². The van der Waals surface area contributed by atoms with E-state index >= 15 is 0 Å². The number of carboxylic acid groups (broad SMARTS) is 1. The van der Waals surface area contributed by atoms with E-state index in [0.29, 0.717) is 12.2 Å². The van der Waals surface area contributed by atoms with Gasteiger partial charge in [-0.15, -0.1) is 0 Å². The summed E-state index contributed by atoms with van der Waals surface area (Å²) in [4.78, 5) is 15.0. The average Bonchev–Trinajstić information content (AvgIpc) is 2.73. The van der Waals surface area contributed by atoms with E-state index in [1.807, 2.05) is 25.1 Å². The topological polar surface area (TPSA) is 55.1 Å². The van der Waals surface area contributed by atoms with Gasteiger partial charge in [0.2, 0.25) is 0 Å². The van der Waals surface area contributed by atoms with E-state index in [4.69, 9.17) is 5.11 Å². The van der Waals surface area contributed by atoms with Crippen molar-refractivity contribution in [1.82, 2.24) is 9.55 Å². The van der Waals surface area contributed by atoms with E-state index in [1.165, 1.54) is 0 Å². The van der Waals surface area contributed by atoms with Crippen LogP contribution in [0.5, 0.6) is 0 Å². The Morgan fingerprint density at radius 2 is 2.25 bits per heavy atom. The van der Waals surface area contributed by atoms with Crippen LogP contribution < -0.4 is 0 Å². The summed E-state index contributed by atoms with van der Waals surface area (Å²) < 4.78 is 1.76. The lowest BCUT2D eigenvalue weighted by Crippen LogP contribution is -2.08. The predicted molar refractivity (Wildman–Crippen MR) is 60.3 cm³/mol. The monoisotopic (exact) mass is 216 g/mol. The summed E-state index contributed by atoms with van der Waals surface area (Å²) in [6, 6.07) is 7.18. The van der Waals surface area contributed by atoms with Crippen LogP contribution in [-0.2, 0) is 6.54 Å². The first-order valence-corrected chi connectivity index (χ1v) is 5.07. The fourth-order valence-corrected chi connectivity index (χ4v) is 1.76. The Hall–Kier alpha value is -2.10. The average molecular weight is 216 g/mol. The molecule has 0 radical (unpaired) electrons. The highest BCUT2D eigenvalue weighted by molar-refractivity contribution is 5.87. The summed E-state index contributed by atoms with van der Waals surface area (Å²) in [5.74, 6) is -0.906. The minimum absolute atomic E-state index is 0.307. The zero-order valence-corrected chi connectivity index (χ0v) is 8.92.